The molecule has 2 N–H and O–H groups in total. The van der Waals surface area contributed by atoms with E-state index in [2.05, 4.69) is 29.9 Å². The van der Waals surface area contributed by atoms with Gasteiger partial charge in [0.2, 0.25) is 5.88 Å². The van der Waals surface area contributed by atoms with E-state index in [0.29, 0.717) is 17.5 Å². The van der Waals surface area contributed by atoms with Gasteiger partial charge in [0.15, 0.2) is 5.69 Å². The third-order valence-electron chi connectivity index (χ3n) is 3.17. The van der Waals surface area contributed by atoms with Gasteiger partial charge in [-0.3, -0.25) is 0 Å². The molecule has 104 valence electrons. The average molecular weight is 287 g/mol. The minimum atomic E-state index is 0.175. The molecule has 0 amide bonds. The highest BCUT2D eigenvalue weighted by atomic mass is 32.1. The molecule has 1 aromatic heterocycles. The Morgan fingerprint density at radius 3 is 2.70 bits per heavy atom. The Balaban J connectivity index is 2.38. The van der Waals surface area contributed by atoms with Gasteiger partial charge in [-0.05, 0) is 24.0 Å². The first-order valence-corrected chi connectivity index (χ1v) is 6.91. The number of nitrogens with two attached hydrogens (primary N) is 1. The molecule has 0 aliphatic heterocycles. The van der Waals surface area contributed by atoms with Gasteiger partial charge in [0.05, 0.1) is 0 Å². The Bertz CT molecular complexity index is 616. The Hall–Kier alpha value is -2.01. The molecule has 1 aromatic carbocycles. The zero-order valence-electron chi connectivity index (χ0n) is 11.5. The lowest BCUT2D eigenvalue weighted by molar-refractivity contribution is 0.448. The minimum Gasteiger partial charge on any atom is -0.437 e. The van der Waals surface area contributed by atoms with Crippen molar-refractivity contribution in [2.24, 2.45) is 5.73 Å². The lowest BCUT2D eigenvalue weighted by Crippen LogP contribution is -2.13. The third kappa shape index (κ3) is 3.11. The van der Waals surface area contributed by atoms with Crippen molar-refractivity contribution >= 4 is 17.2 Å². The third-order valence-corrected chi connectivity index (χ3v) is 3.36. The van der Waals surface area contributed by atoms with Gasteiger partial charge < -0.3 is 10.5 Å². The van der Waals surface area contributed by atoms with E-state index in [1.165, 1.54) is 0 Å². The fourth-order valence-electron chi connectivity index (χ4n) is 1.87. The largest absolute Gasteiger partial charge is 0.437 e. The maximum absolute atomic E-state index is 5.88. The SMILES string of the molecule is CCC(C)c1ccccc1Oc1nccnc1C(N)=S. The van der Waals surface area contributed by atoms with E-state index >= 15 is 0 Å². The molecule has 0 saturated carbocycles. The number of rotatable bonds is 5. The summed E-state index contributed by atoms with van der Waals surface area (Å²) in [4.78, 5) is 8.46. The van der Waals surface area contributed by atoms with Crippen molar-refractivity contribution in [2.75, 3.05) is 0 Å². The minimum absolute atomic E-state index is 0.175. The molecule has 0 fully saturated rings. The van der Waals surface area contributed by atoms with Crippen LogP contribution in [-0.4, -0.2) is 15.0 Å². The maximum Gasteiger partial charge on any atom is 0.248 e. The molecular weight excluding hydrogens is 270 g/mol. The maximum atomic E-state index is 5.88. The van der Waals surface area contributed by atoms with Crippen LogP contribution < -0.4 is 10.5 Å². The monoisotopic (exact) mass is 287 g/mol. The number of thiocarbonyl (C=S) groups is 1. The van der Waals surface area contributed by atoms with E-state index < -0.39 is 0 Å². The standard InChI is InChI=1S/C15H17N3OS/c1-3-10(2)11-6-4-5-7-12(11)19-15-13(14(16)20)17-8-9-18-15/h4-10H,3H2,1-2H3,(H2,16,20). The summed E-state index contributed by atoms with van der Waals surface area (Å²) in [5, 5.41) is 0. The van der Waals surface area contributed by atoms with Crippen LogP contribution in [0.4, 0.5) is 0 Å². The number of benzene rings is 1. The summed E-state index contributed by atoms with van der Waals surface area (Å²) in [5.41, 5.74) is 7.18. The molecule has 1 unspecified atom stereocenters. The molecule has 20 heavy (non-hydrogen) atoms. The number of nitrogens with zero attached hydrogens (tertiary/aromatic N) is 2. The molecule has 0 radical (unpaired) electrons. The van der Waals surface area contributed by atoms with Gasteiger partial charge in [0, 0.05) is 12.4 Å². The van der Waals surface area contributed by atoms with Crippen LogP contribution in [0.15, 0.2) is 36.7 Å². The van der Waals surface area contributed by atoms with Crippen molar-refractivity contribution in [1.29, 1.82) is 0 Å². The lowest BCUT2D eigenvalue weighted by atomic mass is 9.98. The number of para-hydroxylation sites is 1. The number of ether oxygens (including phenoxy) is 1. The summed E-state index contributed by atoms with van der Waals surface area (Å²) in [6.07, 6.45) is 4.13. The molecule has 0 spiro atoms. The molecule has 2 aromatic rings. The second-order valence-electron chi connectivity index (χ2n) is 4.52. The van der Waals surface area contributed by atoms with Crippen molar-refractivity contribution in [3.8, 4) is 11.6 Å². The lowest BCUT2D eigenvalue weighted by Gasteiger charge is -2.15. The van der Waals surface area contributed by atoms with Crippen molar-refractivity contribution in [3.05, 3.63) is 47.9 Å². The summed E-state index contributed by atoms with van der Waals surface area (Å²) < 4.78 is 5.88. The number of hydrogen-bond donors (Lipinski definition) is 1. The van der Waals surface area contributed by atoms with Gasteiger partial charge in [-0.2, -0.15) is 0 Å². The topological polar surface area (TPSA) is 61.0 Å². The first-order chi connectivity index (χ1) is 9.63. The second-order valence-corrected chi connectivity index (χ2v) is 4.96. The van der Waals surface area contributed by atoms with Gasteiger partial charge in [-0.1, -0.05) is 44.3 Å². The van der Waals surface area contributed by atoms with Crippen molar-refractivity contribution in [2.45, 2.75) is 26.2 Å². The van der Waals surface area contributed by atoms with E-state index in [1.54, 1.807) is 12.4 Å². The Morgan fingerprint density at radius 2 is 2.00 bits per heavy atom. The summed E-state index contributed by atoms with van der Waals surface area (Å²) in [6.45, 7) is 4.30. The first-order valence-electron chi connectivity index (χ1n) is 6.51. The summed E-state index contributed by atoms with van der Waals surface area (Å²) >= 11 is 4.97. The quantitative estimate of drug-likeness (QED) is 0.854. The van der Waals surface area contributed by atoms with Gasteiger partial charge in [0.1, 0.15) is 10.7 Å². The van der Waals surface area contributed by atoms with Gasteiger partial charge in [-0.25, -0.2) is 9.97 Å². The second kappa shape index (κ2) is 6.43. The number of aromatic nitrogens is 2. The zero-order chi connectivity index (χ0) is 14.5. The zero-order valence-corrected chi connectivity index (χ0v) is 12.4. The molecule has 0 aliphatic rings. The van der Waals surface area contributed by atoms with Crippen molar-refractivity contribution < 1.29 is 4.74 Å². The number of hydrogen-bond acceptors (Lipinski definition) is 4. The van der Waals surface area contributed by atoms with Crippen LogP contribution in [0.5, 0.6) is 11.6 Å². The Kier molecular flexibility index (Phi) is 4.63. The molecule has 0 aliphatic carbocycles. The normalized spacial score (nSPS) is 11.9. The van der Waals surface area contributed by atoms with Crippen LogP contribution in [0.25, 0.3) is 0 Å². The van der Waals surface area contributed by atoms with Crippen LogP contribution in [0.3, 0.4) is 0 Å². The van der Waals surface area contributed by atoms with Crippen LogP contribution >= 0.6 is 12.2 Å². The smallest absolute Gasteiger partial charge is 0.248 e. The van der Waals surface area contributed by atoms with E-state index in [9.17, 15) is 0 Å². The van der Waals surface area contributed by atoms with E-state index in [4.69, 9.17) is 22.7 Å². The Labute approximate surface area is 124 Å². The summed E-state index contributed by atoms with van der Waals surface area (Å²) in [6, 6.07) is 7.90. The fraction of sp³-hybridized carbons (Fsp3) is 0.267. The van der Waals surface area contributed by atoms with Crippen LogP contribution in [0.2, 0.25) is 0 Å². The van der Waals surface area contributed by atoms with Crippen LogP contribution in [0, 0.1) is 0 Å². The Morgan fingerprint density at radius 1 is 1.30 bits per heavy atom. The first kappa shape index (κ1) is 14.4. The highest BCUT2D eigenvalue weighted by Crippen LogP contribution is 2.31. The molecule has 1 atom stereocenters. The predicted molar refractivity (Wildman–Crippen MR) is 83.1 cm³/mol. The van der Waals surface area contributed by atoms with E-state index in [-0.39, 0.29) is 4.99 Å². The molecule has 0 saturated heterocycles. The van der Waals surface area contributed by atoms with Gasteiger partial charge in [0.25, 0.3) is 0 Å². The van der Waals surface area contributed by atoms with Crippen LogP contribution in [0.1, 0.15) is 37.4 Å². The highest BCUT2D eigenvalue weighted by molar-refractivity contribution is 7.80. The predicted octanol–water partition coefficient (Wildman–Crippen LogP) is 3.42. The highest BCUT2D eigenvalue weighted by Gasteiger charge is 2.14. The van der Waals surface area contributed by atoms with Gasteiger partial charge >= 0.3 is 0 Å². The van der Waals surface area contributed by atoms with E-state index in [0.717, 1.165) is 17.7 Å². The molecule has 1 heterocycles. The molecule has 4 nitrogen and oxygen atoms in total. The summed E-state index contributed by atoms with van der Waals surface area (Å²) in [7, 11) is 0. The van der Waals surface area contributed by atoms with Crippen molar-refractivity contribution in [1.82, 2.24) is 9.97 Å². The summed E-state index contributed by atoms with van der Waals surface area (Å²) in [5.74, 6) is 1.51. The van der Waals surface area contributed by atoms with Crippen LogP contribution in [-0.2, 0) is 0 Å². The molecule has 2 rings (SSSR count). The molecular formula is C15H17N3OS. The van der Waals surface area contributed by atoms with Gasteiger partial charge in [-0.15, -0.1) is 0 Å². The molecule has 0 bridgehead atoms. The average Bonchev–Trinajstić information content (AvgIpc) is 2.47. The fourth-order valence-corrected chi connectivity index (χ4v) is 2.01. The van der Waals surface area contributed by atoms with E-state index in [1.807, 2.05) is 18.2 Å². The molecule has 5 heteroatoms. The van der Waals surface area contributed by atoms with Crippen molar-refractivity contribution in [3.63, 3.8) is 0 Å².